The molecule has 0 radical (unpaired) electrons. The van der Waals surface area contributed by atoms with Gasteiger partial charge in [-0.05, 0) is 211 Å². The SMILES string of the molecule is [2H]c1c([2H])c([2H])c(N(c2cc3c4c(c2)N2c5ccc6c(c5)C(C)(CCC6(C)C)CC(C)(C)c5ccc6oc(c2c6c5)B4c2cc4c(cc2N3c2ccc3c(c2)C(C)(C)CCC3(C)C)C(C)(C)CCC4(C)C)c2c([2H])c([2H])c([2H])c([2H])c2[2H])c([2H])c1[2H]. The molecular weight excluding hydrogens is 922 g/mol. The van der Waals surface area contributed by atoms with Crippen molar-refractivity contribution in [2.45, 2.75) is 173 Å². The lowest BCUT2D eigenvalue weighted by atomic mass is 9.35. The van der Waals surface area contributed by atoms with Crippen LogP contribution < -0.4 is 31.3 Å². The minimum Gasteiger partial charge on any atom is -0.468 e. The number of nitrogens with zero attached hydrogens (tertiary/aromatic N) is 3. The average Bonchev–Trinajstić information content (AvgIpc) is 1.19. The number of benzene rings is 7. The summed E-state index contributed by atoms with van der Waals surface area (Å²) in [6, 6.07) is 23.4. The molecule has 0 saturated carbocycles. The minimum atomic E-state index is -0.622. The molecule has 76 heavy (non-hydrogen) atoms. The highest BCUT2D eigenvalue weighted by Gasteiger charge is 2.51. The summed E-state index contributed by atoms with van der Waals surface area (Å²) >= 11 is 0. The van der Waals surface area contributed by atoms with Crippen LogP contribution in [0, 0.1) is 0 Å². The van der Waals surface area contributed by atoms with E-state index in [1.54, 1.807) is 0 Å². The maximum atomic E-state index is 9.73. The molecule has 1 unspecified atom stereocenters. The van der Waals surface area contributed by atoms with Crippen LogP contribution in [-0.4, -0.2) is 6.71 Å². The number of hydrogen-bond donors (Lipinski definition) is 0. The highest BCUT2D eigenvalue weighted by molar-refractivity contribution is 7.00. The lowest BCUT2D eigenvalue weighted by molar-refractivity contribution is 0.251. The summed E-state index contributed by atoms with van der Waals surface area (Å²) in [6.07, 6.45) is 6.90. The van der Waals surface area contributed by atoms with Crippen molar-refractivity contribution in [1.29, 1.82) is 0 Å². The number of furan rings is 1. The van der Waals surface area contributed by atoms with Crippen LogP contribution in [0.15, 0.2) is 144 Å². The first-order chi connectivity index (χ1) is 40.1. The number of rotatable bonds is 4. The van der Waals surface area contributed by atoms with Gasteiger partial charge in [0.2, 0.25) is 0 Å². The molecule has 5 heteroatoms. The Balaban J connectivity index is 1.21. The Hall–Kier alpha value is -6.46. The van der Waals surface area contributed by atoms with Gasteiger partial charge in [0.15, 0.2) is 0 Å². The van der Waals surface area contributed by atoms with Crippen molar-refractivity contribution in [3.63, 3.8) is 0 Å². The van der Waals surface area contributed by atoms with Crippen molar-refractivity contribution >= 4 is 85.5 Å². The summed E-state index contributed by atoms with van der Waals surface area (Å²) in [5.41, 5.74) is 15.7. The van der Waals surface area contributed by atoms with Gasteiger partial charge < -0.3 is 19.1 Å². The Morgan fingerprint density at radius 2 is 0.961 bits per heavy atom. The lowest BCUT2D eigenvalue weighted by Crippen LogP contribution is -2.61. The highest BCUT2D eigenvalue weighted by atomic mass is 16.3. The topological polar surface area (TPSA) is 22.9 Å². The predicted molar refractivity (Wildman–Crippen MR) is 323 cm³/mol. The van der Waals surface area contributed by atoms with Crippen LogP contribution in [0.25, 0.3) is 11.0 Å². The summed E-state index contributed by atoms with van der Waals surface area (Å²) in [7, 11) is 0. The standard InChI is InChI=1S/C71H76BN3O/c1-65(2)30-31-67(5,6)53-37-47(25-27-51(53)65)74-58-42-55-54(68(7,8)32-33-69(55,9)10)41-57(58)72-62-59(74)39-49(73(45-20-16-14-17-21-45)46-22-18-15-19-23-46)40-60(62)75-48-26-28-52-56(38-48)71(13,35-34-66(52,3)4)43-70(11,12)44-24-29-61-50(36-44)63(75)64(72)76-61/h14-29,36-42H,30-35,43H2,1-13H3/i14D,15D,16D,17D,18D,19D,20D,21D,22D,23D. The van der Waals surface area contributed by atoms with E-state index < -0.39 is 67.1 Å². The van der Waals surface area contributed by atoms with E-state index in [-0.39, 0.29) is 55.0 Å². The van der Waals surface area contributed by atoms with Crippen molar-refractivity contribution in [2.75, 3.05) is 14.7 Å². The molecular formula is C71H76BN3O. The molecule has 384 valence electrons. The molecule has 4 nitrogen and oxygen atoms in total. The molecule has 7 aromatic carbocycles. The van der Waals surface area contributed by atoms with E-state index in [9.17, 15) is 11.0 Å². The maximum Gasteiger partial charge on any atom is 0.297 e. The molecule has 6 aliphatic rings. The Morgan fingerprint density at radius 1 is 0.461 bits per heavy atom. The normalized spacial score (nSPS) is 23.8. The fourth-order valence-electron chi connectivity index (χ4n) is 15.3. The molecule has 0 saturated heterocycles. The minimum absolute atomic E-state index is 0.0919. The second-order valence-corrected chi connectivity index (χ2v) is 27.8. The van der Waals surface area contributed by atoms with E-state index in [2.05, 4.69) is 167 Å². The van der Waals surface area contributed by atoms with Gasteiger partial charge in [0.25, 0.3) is 6.71 Å². The quantitative estimate of drug-likeness (QED) is 0.164. The summed E-state index contributed by atoms with van der Waals surface area (Å²) in [4.78, 5) is 6.03. The van der Waals surface area contributed by atoms with Gasteiger partial charge in [-0.1, -0.05) is 151 Å². The van der Waals surface area contributed by atoms with Gasteiger partial charge in [0.05, 0.1) is 30.7 Å². The van der Waals surface area contributed by atoms with E-state index in [0.717, 1.165) is 101 Å². The average molecular weight is 1010 g/mol. The van der Waals surface area contributed by atoms with Crippen LogP contribution in [0.5, 0.6) is 0 Å². The second-order valence-electron chi connectivity index (χ2n) is 27.8. The second kappa shape index (κ2) is 15.6. The molecule has 14 rings (SSSR count). The first-order valence-electron chi connectivity index (χ1n) is 32.9. The fourth-order valence-corrected chi connectivity index (χ4v) is 15.3. The molecule has 8 aromatic rings. The molecule has 0 fully saturated rings. The highest BCUT2D eigenvalue weighted by Crippen LogP contribution is 2.58. The van der Waals surface area contributed by atoms with Crippen LogP contribution in [0.1, 0.15) is 188 Å². The van der Waals surface area contributed by atoms with Gasteiger partial charge in [0, 0.05) is 45.2 Å². The summed E-state index contributed by atoms with van der Waals surface area (Å²) in [6.45, 7) is 30.1. The molecule has 3 aliphatic heterocycles. The smallest absolute Gasteiger partial charge is 0.297 e. The largest absolute Gasteiger partial charge is 0.468 e. The number of fused-ring (bicyclic) bond motifs is 9. The molecule has 1 aromatic heterocycles. The molecule has 3 aliphatic carbocycles. The van der Waals surface area contributed by atoms with Gasteiger partial charge in [-0.25, -0.2) is 0 Å². The van der Waals surface area contributed by atoms with E-state index in [4.69, 9.17) is 7.16 Å². The van der Waals surface area contributed by atoms with Crippen LogP contribution in [0.4, 0.5) is 51.2 Å². The molecule has 1 atom stereocenters. The van der Waals surface area contributed by atoms with Crippen molar-refractivity contribution < 1.29 is 18.1 Å². The van der Waals surface area contributed by atoms with Crippen LogP contribution >= 0.6 is 0 Å². The number of para-hydroxylation sites is 2. The predicted octanol–water partition coefficient (Wildman–Crippen LogP) is 17.7. The first kappa shape index (κ1) is 38.2. The van der Waals surface area contributed by atoms with E-state index in [0.29, 0.717) is 5.69 Å². The third-order valence-electron chi connectivity index (χ3n) is 19.9. The molecule has 4 bridgehead atoms. The Bertz CT molecular complexity index is 4240. The van der Waals surface area contributed by atoms with Gasteiger partial charge in [0.1, 0.15) is 5.58 Å². The van der Waals surface area contributed by atoms with Crippen LogP contribution in [0.2, 0.25) is 0 Å². The van der Waals surface area contributed by atoms with Crippen molar-refractivity contribution in [3.05, 3.63) is 178 Å². The molecule has 0 spiro atoms. The van der Waals surface area contributed by atoms with Crippen LogP contribution in [-0.2, 0) is 37.9 Å². The van der Waals surface area contributed by atoms with Crippen molar-refractivity contribution in [3.8, 4) is 0 Å². The maximum absolute atomic E-state index is 9.73. The zero-order valence-electron chi connectivity index (χ0n) is 56.8. The fraction of sp³-hybridized carbons (Fsp3) is 0.380. The van der Waals surface area contributed by atoms with E-state index >= 15 is 0 Å². The summed E-state index contributed by atoms with van der Waals surface area (Å²) in [5.74, 6) is 0. The Morgan fingerprint density at radius 3 is 1.57 bits per heavy atom. The van der Waals surface area contributed by atoms with Crippen LogP contribution in [0.3, 0.4) is 0 Å². The first-order valence-corrected chi connectivity index (χ1v) is 27.9. The number of anilines is 9. The molecule has 4 heterocycles. The van der Waals surface area contributed by atoms with Crippen molar-refractivity contribution in [2.24, 2.45) is 0 Å². The van der Waals surface area contributed by atoms with Gasteiger partial charge in [-0.3, -0.25) is 0 Å². The van der Waals surface area contributed by atoms with Gasteiger partial charge in [-0.2, -0.15) is 0 Å². The third-order valence-corrected chi connectivity index (χ3v) is 19.9. The summed E-state index contributed by atoms with van der Waals surface area (Å²) in [5, 5.41) is 0.934. The molecule has 0 N–H and O–H groups in total. The van der Waals surface area contributed by atoms with E-state index in [1.165, 1.54) is 43.8 Å². The van der Waals surface area contributed by atoms with Crippen molar-refractivity contribution in [1.82, 2.24) is 0 Å². The Labute approximate surface area is 467 Å². The van der Waals surface area contributed by atoms with E-state index in [1.807, 2.05) is 12.1 Å². The molecule has 0 amide bonds. The summed E-state index contributed by atoms with van der Waals surface area (Å²) < 4.78 is 101. The Kier molecular flexibility index (Phi) is 7.84. The van der Waals surface area contributed by atoms with Gasteiger partial charge >= 0.3 is 0 Å². The monoisotopic (exact) mass is 1010 g/mol. The van der Waals surface area contributed by atoms with Gasteiger partial charge in [-0.15, -0.1) is 0 Å². The lowest BCUT2D eigenvalue weighted by Gasteiger charge is -2.48. The third kappa shape index (κ3) is 6.81. The zero-order valence-corrected chi connectivity index (χ0v) is 46.8. The zero-order chi connectivity index (χ0) is 61.6. The number of hydrogen-bond acceptors (Lipinski definition) is 4.